The van der Waals surface area contributed by atoms with Crippen LogP contribution < -0.4 is 5.73 Å². The average Bonchev–Trinajstić information content (AvgIpc) is 3.23. The van der Waals surface area contributed by atoms with E-state index in [2.05, 4.69) is 102 Å². The number of aryl methyl sites for hydroxylation is 2. The van der Waals surface area contributed by atoms with E-state index in [1.54, 1.807) is 0 Å². The summed E-state index contributed by atoms with van der Waals surface area (Å²) in [5, 5.41) is 1.89. The van der Waals surface area contributed by atoms with Gasteiger partial charge in [-0.25, -0.2) is 15.0 Å². The van der Waals surface area contributed by atoms with Gasteiger partial charge in [-0.15, -0.1) is 0 Å². The van der Waals surface area contributed by atoms with Gasteiger partial charge in [-0.1, -0.05) is 71.8 Å². The average molecular weight is 442 g/mol. The number of hydrogen-bond donors (Lipinski definition) is 2. The Labute approximate surface area is 197 Å². The lowest BCUT2D eigenvalue weighted by Gasteiger charge is -2.13. The standard InChI is InChI=1S/C29H23N5/c1-17-8-11-19(12-9-17)24-15-22(26-28(30)31-16-32-29(26)34-24)25-21-14-18(2)10-13-23(21)33-27(25)20-6-4-3-5-7-20/h3-16,33H,1-2H3,(H2,30,31,32,34). The van der Waals surface area contributed by atoms with Crippen molar-refractivity contribution in [1.82, 2.24) is 19.9 Å². The minimum Gasteiger partial charge on any atom is -0.383 e. The van der Waals surface area contributed by atoms with Crippen molar-refractivity contribution in [3.05, 3.63) is 96.3 Å². The first kappa shape index (κ1) is 20.1. The van der Waals surface area contributed by atoms with E-state index in [1.165, 1.54) is 17.5 Å². The third-order valence-corrected chi connectivity index (χ3v) is 6.27. The molecular formula is C29H23N5. The second-order valence-electron chi connectivity index (χ2n) is 8.67. The number of aromatic nitrogens is 4. The summed E-state index contributed by atoms with van der Waals surface area (Å²) < 4.78 is 0. The van der Waals surface area contributed by atoms with Crippen molar-refractivity contribution in [2.24, 2.45) is 0 Å². The van der Waals surface area contributed by atoms with Crippen molar-refractivity contribution in [3.63, 3.8) is 0 Å². The number of nitrogen functional groups attached to an aromatic ring is 1. The van der Waals surface area contributed by atoms with E-state index in [9.17, 15) is 0 Å². The maximum Gasteiger partial charge on any atom is 0.165 e. The third-order valence-electron chi connectivity index (χ3n) is 6.27. The molecule has 0 spiro atoms. The Kier molecular flexibility index (Phi) is 4.62. The highest BCUT2D eigenvalue weighted by Gasteiger charge is 2.21. The first-order valence-corrected chi connectivity index (χ1v) is 11.2. The van der Waals surface area contributed by atoms with Crippen LogP contribution in [0.3, 0.4) is 0 Å². The number of nitrogens with one attached hydrogen (secondary N) is 1. The molecule has 5 nitrogen and oxygen atoms in total. The number of fused-ring (bicyclic) bond motifs is 2. The molecule has 0 saturated heterocycles. The molecule has 0 bridgehead atoms. The smallest absolute Gasteiger partial charge is 0.165 e. The van der Waals surface area contributed by atoms with Gasteiger partial charge in [0.15, 0.2) is 5.65 Å². The molecule has 164 valence electrons. The molecule has 34 heavy (non-hydrogen) atoms. The molecule has 6 rings (SSSR count). The number of H-pyrrole nitrogens is 1. The van der Waals surface area contributed by atoms with Crippen molar-refractivity contribution in [3.8, 4) is 33.6 Å². The Hall–Kier alpha value is -4.51. The summed E-state index contributed by atoms with van der Waals surface area (Å²) in [7, 11) is 0. The summed E-state index contributed by atoms with van der Waals surface area (Å²) >= 11 is 0. The minimum absolute atomic E-state index is 0.420. The fourth-order valence-corrected chi connectivity index (χ4v) is 4.56. The number of aromatic amines is 1. The van der Waals surface area contributed by atoms with Gasteiger partial charge in [0.2, 0.25) is 0 Å². The number of pyridine rings is 1. The van der Waals surface area contributed by atoms with Gasteiger partial charge in [0.05, 0.1) is 16.8 Å². The zero-order valence-corrected chi connectivity index (χ0v) is 19.0. The molecule has 0 aliphatic carbocycles. The van der Waals surface area contributed by atoms with E-state index in [0.717, 1.165) is 49.9 Å². The molecule has 3 N–H and O–H groups in total. The summed E-state index contributed by atoms with van der Waals surface area (Å²) in [6.07, 6.45) is 1.48. The van der Waals surface area contributed by atoms with E-state index in [0.29, 0.717) is 11.5 Å². The molecule has 3 aromatic carbocycles. The fraction of sp³-hybridized carbons (Fsp3) is 0.0690. The van der Waals surface area contributed by atoms with Crippen molar-refractivity contribution < 1.29 is 0 Å². The molecule has 0 atom stereocenters. The molecule has 0 fully saturated rings. The van der Waals surface area contributed by atoms with Crippen LogP contribution in [-0.2, 0) is 0 Å². The van der Waals surface area contributed by atoms with Crippen molar-refractivity contribution in [2.45, 2.75) is 13.8 Å². The number of anilines is 1. The molecule has 3 aromatic heterocycles. The van der Waals surface area contributed by atoms with Crippen LogP contribution >= 0.6 is 0 Å². The van der Waals surface area contributed by atoms with Gasteiger partial charge in [0.25, 0.3) is 0 Å². The normalized spacial score (nSPS) is 11.4. The lowest BCUT2D eigenvalue weighted by molar-refractivity contribution is 1.19. The van der Waals surface area contributed by atoms with Crippen LogP contribution in [0.25, 0.3) is 55.6 Å². The largest absolute Gasteiger partial charge is 0.383 e. The van der Waals surface area contributed by atoms with E-state index in [4.69, 9.17) is 10.7 Å². The second kappa shape index (κ2) is 7.81. The lowest BCUT2D eigenvalue weighted by atomic mass is 9.94. The Morgan fingerprint density at radius 3 is 2.32 bits per heavy atom. The van der Waals surface area contributed by atoms with Gasteiger partial charge in [-0.05, 0) is 37.6 Å². The van der Waals surface area contributed by atoms with Gasteiger partial charge in [-0.3, -0.25) is 0 Å². The Bertz CT molecular complexity index is 1670. The van der Waals surface area contributed by atoms with Gasteiger partial charge in [0.1, 0.15) is 12.1 Å². The topological polar surface area (TPSA) is 80.5 Å². The van der Waals surface area contributed by atoms with Gasteiger partial charge in [-0.2, -0.15) is 0 Å². The Balaban J connectivity index is 1.75. The second-order valence-corrected chi connectivity index (χ2v) is 8.67. The fourth-order valence-electron chi connectivity index (χ4n) is 4.56. The Morgan fingerprint density at radius 2 is 1.53 bits per heavy atom. The predicted octanol–water partition coefficient (Wildman–Crippen LogP) is 6.71. The molecule has 0 saturated carbocycles. The lowest BCUT2D eigenvalue weighted by Crippen LogP contribution is -1.99. The van der Waals surface area contributed by atoms with Crippen LogP contribution in [0.2, 0.25) is 0 Å². The van der Waals surface area contributed by atoms with E-state index in [-0.39, 0.29) is 0 Å². The SMILES string of the molecule is Cc1ccc(-c2cc(-c3c(-c4ccccc4)[nH]c4ccc(C)cc34)c3c(N)ncnc3n2)cc1. The van der Waals surface area contributed by atoms with Gasteiger partial charge >= 0.3 is 0 Å². The van der Waals surface area contributed by atoms with E-state index in [1.807, 2.05) is 6.07 Å². The van der Waals surface area contributed by atoms with Crippen LogP contribution in [0.4, 0.5) is 5.82 Å². The van der Waals surface area contributed by atoms with Gasteiger partial charge in [0, 0.05) is 27.6 Å². The minimum atomic E-state index is 0.420. The summed E-state index contributed by atoms with van der Waals surface area (Å²) in [5.41, 5.74) is 16.5. The number of hydrogen-bond acceptors (Lipinski definition) is 4. The van der Waals surface area contributed by atoms with Crippen molar-refractivity contribution >= 4 is 27.8 Å². The quantitative estimate of drug-likeness (QED) is 0.320. The molecule has 5 heteroatoms. The zero-order chi connectivity index (χ0) is 23.2. The zero-order valence-electron chi connectivity index (χ0n) is 19.0. The highest BCUT2D eigenvalue weighted by Crippen LogP contribution is 2.43. The monoisotopic (exact) mass is 441 g/mol. The maximum atomic E-state index is 6.43. The third kappa shape index (κ3) is 3.30. The molecule has 0 aliphatic rings. The van der Waals surface area contributed by atoms with E-state index >= 15 is 0 Å². The first-order valence-electron chi connectivity index (χ1n) is 11.2. The maximum absolute atomic E-state index is 6.43. The van der Waals surface area contributed by atoms with Crippen molar-refractivity contribution in [2.75, 3.05) is 5.73 Å². The molecule has 6 aromatic rings. The van der Waals surface area contributed by atoms with Crippen LogP contribution in [0.1, 0.15) is 11.1 Å². The highest BCUT2D eigenvalue weighted by molar-refractivity contribution is 6.12. The van der Waals surface area contributed by atoms with Crippen LogP contribution in [0, 0.1) is 13.8 Å². The number of nitrogens with zero attached hydrogens (tertiary/aromatic N) is 3. The highest BCUT2D eigenvalue weighted by atomic mass is 15.0. The molecule has 0 aliphatic heterocycles. The van der Waals surface area contributed by atoms with Crippen LogP contribution in [-0.4, -0.2) is 19.9 Å². The number of benzene rings is 3. The molecule has 0 amide bonds. The van der Waals surface area contributed by atoms with E-state index < -0.39 is 0 Å². The van der Waals surface area contributed by atoms with Crippen molar-refractivity contribution in [1.29, 1.82) is 0 Å². The Morgan fingerprint density at radius 1 is 0.765 bits per heavy atom. The number of nitrogens with two attached hydrogens (primary N) is 1. The molecule has 0 radical (unpaired) electrons. The predicted molar refractivity (Wildman–Crippen MR) is 139 cm³/mol. The summed E-state index contributed by atoms with van der Waals surface area (Å²) in [4.78, 5) is 17.3. The first-order chi connectivity index (χ1) is 16.6. The summed E-state index contributed by atoms with van der Waals surface area (Å²) in [5.74, 6) is 0.420. The summed E-state index contributed by atoms with van der Waals surface area (Å²) in [6.45, 7) is 4.19. The molecule has 0 unspecified atom stereocenters. The van der Waals surface area contributed by atoms with Crippen LogP contribution in [0.15, 0.2) is 85.2 Å². The van der Waals surface area contributed by atoms with Crippen LogP contribution in [0.5, 0.6) is 0 Å². The number of rotatable bonds is 3. The molecular weight excluding hydrogens is 418 g/mol. The van der Waals surface area contributed by atoms with Gasteiger partial charge < -0.3 is 10.7 Å². The summed E-state index contributed by atoms with van der Waals surface area (Å²) in [6, 6.07) is 27.3. The molecule has 3 heterocycles.